The van der Waals surface area contributed by atoms with Gasteiger partial charge in [0, 0.05) is 17.6 Å². The van der Waals surface area contributed by atoms with Crippen LogP contribution in [-0.4, -0.2) is 28.3 Å². The quantitative estimate of drug-likeness (QED) is 0.618. The van der Waals surface area contributed by atoms with Crippen LogP contribution in [0.1, 0.15) is 63.9 Å². The van der Waals surface area contributed by atoms with Gasteiger partial charge in [-0.25, -0.2) is 9.97 Å². The molecule has 21 heavy (non-hydrogen) atoms. The van der Waals surface area contributed by atoms with Crippen LogP contribution < -0.4 is 11.1 Å². The molecule has 1 aromatic heterocycles. The SMILES string of the molecule is CCCC(C)c1c(NC2CCC(N)CC2)ncnc1SC. The first-order valence-corrected chi connectivity index (χ1v) is 9.29. The molecule has 1 unspecified atom stereocenters. The van der Waals surface area contributed by atoms with Crippen molar-refractivity contribution < 1.29 is 0 Å². The summed E-state index contributed by atoms with van der Waals surface area (Å²) in [6, 6.07) is 0.885. The molecule has 1 saturated carbocycles. The van der Waals surface area contributed by atoms with Crippen LogP contribution in [0.3, 0.4) is 0 Å². The van der Waals surface area contributed by atoms with Crippen LogP contribution in [-0.2, 0) is 0 Å². The molecule has 2 rings (SSSR count). The van der Waals surface area contributed by atoms with E-state index in [1.54, 1.807) is 18.1 Å². The van der Waals surface area contributed by atoms with E-state index in [1.807, 2.05) is 0 Å². The highest BCUT2D eigenvalue weighted by Crippen LogP contribution is 2.34. The second-order valence-corrected chi connectivity index (χ2v) is 6.89. The lowest BCUT2D eigenvalue weighted by molar-refractivity contribution is 0.410. The topological polar surface area (TPSA) is 63.8 Å². The Kier molecular flexibility index (Phi) is 6.30. The molecule has 0 aromatic carbocycles. The van der Waals surface area contributed by atoms with Crippen molar-refractivity contribution in [3.05, 3.63) is 11.9 Å². The highest BCUT2D eigenvalue weighted by molar-refractivity contribution is 7.98. The van der Waals surface area contributed by atoms with Crippen LogP contribution in [0.5, 0.6) is 0 Å². The number of aromatic nitrogens is 2. The van der Waals surface area contributed by atoms with Gasteiger partial charge < -0.3 is 11.1 Å². The number of thioether (sulfide) groups is 1. The Morgan fingerprint density at radius 3 is 2.67 bits per heavy atom. The summed E-state index contributed by atoms with van der Waals surface area (Å²) in [7, 11) is 0. The third-order valence-corrected chi connectivity index (χ3v) is 5.08. The van der Waals surface area contributed by atoms with Crippen molar-refractivity contribution in [3.8, 4) is 0 Å². The molecule has 0 amide bonds. The highest BCUT2D eigenvalue weighted by Gasteiger charge is 2.22. The molecular weight excluding hydrogens is 280 g/mol. The van der Waals surface area contributed by atoms with E-state index in [9.17, 15) is 0 Å². The fourth-order valence-corrected chi connectivity index (χ4v) is 3.81. The van der Waals surface area contributed by atoms with E-state index >= 15 is 0 Å². The van der Waals surface area contributed by atoms with E-state index in [-0.39, 0.29) is 0 Å². The molecule has 1 aliphatic carbocycles. The first kappa shape index (κ1) is 16.6. The summed E-state index contributed by atoms with van der Waals surface area (Å²) >= 11 is 1.72. The lowest BCUT2D eigenvalue weighted by Gasteiger charge is -2.29. The average molecular weight is 308 g/mol. The van der Waals surface area contributed by atoms with Gasteiger partial charge in [0.2, 0.25) is 0 Å². The zero-order chi connectivity index (χ0) is 15.2. The molecule has 0 spiro atoms. The predicted octanol–water partition coefficient (Wildman–Crippen LogP) is 3.78. The third-order valence-electron chi connectivity index (χ3n) is 4.37. The molecule has 3 N–H and O–H groups in total. The summed E-state index contributed by atoms with van der Waals surface area (Å²) in [6.45, 7) is 4.51. The van der Waals surface area contributed by atoms with Gasteiger partial charge in [-0.05, 0) is 44.3 Å². The number of nitrogens with one attached hydrogen (secondary N) is 1. The lowest BCUT2D eigenvalue weighted by atomic mass is 9.91. The molecule has 0 bridgehead atoms. The fraction of sp³-hybridized carbons (Fsp3) is 0.750. The van der Waals surface area contributed by atoms with Gasteiger partial charge in [-0.1, -0.05) is 20.3 Å². The molecule has 1 atom stereocenters. The van der Waals surface area contributed by atoms with Crippen LogP contribution in [0.15, 0.2) is 11.4 Å². The van der Waals surface area contributed by atoms with Gasteiger partial charge in [-0.3, -0.25) is 0 Å². The average Bonchev–Trinajstić information content (AvgIpc) is 2.49. The van der Waals surface area contributed by atoms with Gasteiger partial charge >= 0.3 is 0 Å². The molecule has 0 radical (unpaired) electrons. The van der Waals surface area contributed by atoms with Crippen molar-refractivity contribution in [2.75, 3.05) is 11.6 Å². The maximum absolute atomic E-state index is 6.00. The van der Waals surface area contributed by atoms with E-state index < -0.39 is 0 Å². The van der Waals surface area contributed by atoms with Gasteiger partial charge in [0.05, 0.1) is 0 Å². The van der Waals surface area contributed by atoms with Crippen molar-refractivity contribution in [2.24, 2.45) is 5.73 Å². The van der Waals surface area contributed by atoms with Crippen molar-refractivity contribution in [1.29, 1.82) is 0 Å². The van der Waals surface area contributed by atoms with Gasteiger partial charge in [0.15, 0.2) is 0 Å². The number of hydrogen-bond acceptors (Lipinski definition) is 5. The second kappa shape index (κ2) is 7.99. The minimum absolute atomic E-state index is 0.383. The Morgan fingerprint density at radius 2 is 2.05 bits per heavy atom. The molecule has 1 heterocycles. The summed E-state index contributed by atoms with van der Waals surface area (Å²) in [6.07, 6.45) is 10.6. The lowest BCUT2D eigenvalue weighted by Crippen LogP contribution is -2.33. The number of nitrogens with zero attached hydrogens (tertiary/aromatic N) is 2. The van der Waals surface area contributed by atoms with Crippen LogP contribution >= 0.6 is 11.8 Å². The molecule has 4 nitrogen and oxygen atoms in total. The van der Waals surface area contributed by atoms with Gasteiger partial charge in [0.1, 0.15) is 17.2 Å². The molecule has 0 saturated heterocycles. The van der Waals surface area contributed by atoms with Gasteiger partial charge in [-0.15, -0.1) is 11.8 Å². The largest absolute Gasteiger partial charge is 0.367 e. The first-order valence-electron chi connectivity index (χ1n) is 8.06. The number of rotatable bonds is 6. The zero-order valence-corrected chi connectivity index (χ0v) is 14.2. The first-order chi connectivity index (χ1) is 10.2. The summed E-state index contributed by atoms with van der Waals surface area (Å²) in [4.78, 5) is 9.00. The molecule has 118 valence electrons. The third kappa shape index (κ3) is 4.33. The Bertz CT molecular complexity index is 444. The molecule has 1 aliphatic rings. The maximum Gasteiger partial charge on any atom is 0.134 e. The molecule has 0 aliphatic heterocycles. The van der Waals surface area contributed by atoms with Crippen molar-refractivity contribution in [2.45, 2.75) is 75.4 Å². The Morgan fingerprint density at radius 1 is 1.33 bits per heavy atom. The van der Waals surface area contributed by atoms with Crippen LogP contribution in [0, 0.1) is 0 Å². The Hall–Kier alpha value is -0.810. The van der Waals surface area contributed by atoms with Crippen LogP contribution in [0.2, 0.25) is 0 Å². The van der Waals surface area contributed by atoms with E-state index in [2.05, 4.69) is 35.4 Å². The minimum atomic E-state index is 0.383. The van der Waals surface area contributed by atoms with Crippen molar-refractivity contribution >= 4 is 17.6 Å². The smallest absolute Gasteiger partial charge is 0.134 e. The standard InChI is InChI=1S/C16H28N4S/c1-4-5-11(2)14-15(18-10-19-16(14)21-3)20-13-8-6-12(17)7-9-13/h10-13H,4-9,17H2,1-3H3,(H,18,19,20). The zero-order valence-electron chi connectivity index (χ0n) is 13.4. The molecular formula is C16H28N4S. The Labute approximate surface area is 132 Å². The van der Waals surface area contributed by atoms with Crippen LogP contribution in [0.4, 0.5) is 5.82 Å². The highest BCUT2D eigenvalue weighted by atomic mass is 32.2. The van der Waals surface area contributed by atoms with E-state index in [1.165, 1.54) is 18.4 Å². The molecule has 1 fully saturated rings. The second-order valence-electron chi connectivity index (χ2n) is 6.09. The molecule has 5 heteroatoms. The van der Waals surface area contributed by atoms with Crippen molar-refractivity contribution in [1.82, 2.24) is 9.97 Å². The van der Waals surface area contributed by atoms with E-state index in [4.69, 9.17) is 5.73 Å². The van der Waals surface area contributed by atoms with Gasteiger partial charge in [0.25, 0.3) is 0 Å². The van der Waals surface area contributed by atoms with Crippen molar-refractivity contribution in [3.63, 3.8) is 0 Å². The molecule has 1 aromatic rings. The summed E-state index contributed by atoms with van der Waals surface area (Å²) in [5.74, 6) is 1.53. The Balaban J connectivity index is 2.17. The maximum atomic E-state index is 6.00. The summed E-state index contributed by atoms with van der Waals surface area (Å²) in [5, 5.41) is 4.78. The summed E-state index contributed by atoms with van der Waals surface area (Å²) in [5.41, 5.74) is 7.29. The van der Waals surface area contributed by atoms with E-state index in [0.717, 1.165) is 36.5 Å². The number of anilines is 1. The monoisotopic (exact) mass is 308 g/mol. The normalized spacial score (nSPS) is 23.8. The predicted molar refractivity (Wildman–Crippen MR) is 91.0 cm³/mol. The van der Waals surface area contributed by atoms with Gasteiger partial charge in [-0.2, -0.15) is 0 Å². The fourth-order valence-electron chi connectivity index (χ4n) is 3.14. The number of nitrogens with two attached hydrogens (primary N) is 1. The van der Waals surface area contributed by atoms with E-state index in [0.29, 0.717) is 18.0 Å². The van der Waals surface area contributed by atoms with Crippen LogP contribution in [0.25, 0.3) is 0 Å². The minimum Gasteiger partial charge on any atom is -0.367 e. The number of hydrogen-bond donors (Lipinski definition) is 2. The summed E-state index contributed by atoms with van der Waals surface area (Å²) < 4.78 is 0.